The van der Waals surface area contributed by atoms with E-state index in [-0.39, 0.29) is 12.4 Å². The minimum absolute atomic E-state index is 0.240. The Hall–Kier alpha value is -3.51. The summed E-state index contributed by atoms with van der Waals surface area (Å²) in [5.74, 6) is 0.546. The summed E-state index contributed by atoms with van der Waals surface area (Å²) in [5, 5.41) is 20.7. The number of amides is 1. The maximum atomic E-state index is 11.5. The number of alkyl carbamates (subject to hydrolysis) is 1. The monoisotopic (exact) mass is 408 g/mol. The number of nitrogens with two attached hydrogens (primary N) is 1. The van der Waals surface area contributed by atoms with Crippen molar-refractivity contribution in [2.45, 2.75) is 19.4 Å². The molecule has 0 saturated heterocycles. The molecule has 0 heterocycles. The molecule has 30 heavy (non-hydrogen) atoms. The number of hydrogen-bond donors (Lipinski definition) is 4. The number of carbonyl (C=O) groups excluding carboxylic acids is 1. The lowest BCUT2D eigenvalue weighted by molar-refractivity contribution is 0.140. The summed E-state index contributed by atoms with van der Waals surface area (Å²) in [5.41, 5.74) is 8.51. The van der Waals surface area contributed by atoms with E-state index in [1.165, 1.54) is 5.56 Å². The second-order valence-corrected chi connectivity index (χ2v) is 6.61. The van der Waals surface area contributed by atoms with E-state index in [9.17, 15) is 4.79 Å². The number of aromatic hydroxyl groups is 2. The fourth-order valence-electron chi connectivity index (χ4n) is 2.57. The topological polar surface area (TPSA) is 105 Å². The molecule has 3 aromatic rings. The van der Waals surface area contributed by atoms with Crippen molar-refractivity contribution in [3.63, 3.8) is 0 Å². The second kappa shape index (κ2) is 12.9. The van der Waals surface area contributed by atoms with E-state index in [0.717, 1.165) is 17.5 Å². The van der Waals surface area contributed by atoms with Gasteiger partial charge in [0.05, 0.1) is 0 Å². The van der Waals surface area contributed by atoms with Crippen molar-refractivity contribution < 1.29 is 19.7 Å². The minimum atomic E-state index is -0.423. The van der Waals surface area contributed by atoms with Crippen LogP contribution in [0.4, 0.5) is 4.79 Å². The summed E-state index contributed by atoms with van der Waals surface area (Å²) < 4.78 is 5.10. The van der Waals surface area contributed by atoms with Crippen LogP contribution in [0.2, 0.25) is 0 Å². The van der Waals surface area contributed by atoms with Gasteiger partial charge < -0.3 is 26.0 Å². The first kappa shape index (κ1) is 22.8. The molecule has 0 atom stereocenters. The Bertz CT molecular complexity index is 866. The quantitative estimate of drug-likeness (QED) is 0.477. The number of phenols is 2. The van der Waals surface area contributed by atoms with Crippen LogP contribution in [-0.2, 0) is 24.2 Å². The van der Waals surface area contributed by atoms with E-state index in [0.29, 0.717) is 25.3 Å². The normalized spacial score (nSPS) is 9.90. The van der Waals surface area contributed by atoms with Gasteiger partial charge in [0.2, 0.25) is 0 Å². The molecule has 3 rings (SSSR count). The lowest BCUT2D eigenvalue weighted by Crippen LogP contribution is -2.26. The van der Waals surface area contributed by atoms with Crippen molar-refractivity contribution in [1.29, 1.82) is 0 Å². The highest BCUT2D eigenvalue weighted by Gasteiger charge is 2.02. The summed E-state index contributed by atoms with van der Waals surface area (Å²) in [6.45, 7) is 1.43. The van der Waals surface area contributed by atoms with Crippen LogP contribution in [-0.4, -0.2) is 29.4 Å². The standard InChI is InChI=1S/C16H17NO3.C8H11NO/c18-15-8-6-13(7-9-15)10-11-17-16(19)20-12-14-4-2-1-3-5-14;9-6-5-7-1-3-8(10)4-2-7/h1-9,18H,10-12H2,(H,17,19);1-4,10H,5-6,9H2. The first-order valence-electron chi connectivity index (χ1n) is 9.77. The van der Waals surface area contributed by atoms with Crippen LogP contribution in [0.15, 0.2) is 78.9 Å². The second-order valence-electron chi connectivity index (χ2n) is 6.61. The number of ether oxygens (including phenoxy) is 1. The molecule has 0 radical (unpaired) electrons. The number of benzene rings is 3. The van der Waals surface area contributed by atoms with Gasteiger partial charge in [-0.1, -0.05) is 54.6 Å². The van der Waals surface area contributed by atoms with Gasteiger partial charge in [-0.15, -0.1) is 0 Å². The third-order valence-electron chi connectivity index (χ3n) is 4.20. The van der Waals surface area contributed by atoms with Gasteiger partial charge in [-0.2, -0.15) is 0 Å². The van der Waals surface area contributed by atoms with Gasteiger partial charge in [-0.25, -0.2) is 4.79 Å². The summed E-state index contributed by atoms with van der Waals surface area (Å²) in [6, 6.07) is 23.5. The Balaban J connectivity index is 0.000000269. The van der Waals surface area contributed by atoms with Gasteiger partial charge >= 0.3 is 6.09 Å². The van der Waals surface area contributed by atoms with E-state index in [1.807, 2.05) is 54.6 Å². The Kier molecular flexibility index (Phi) is 9.76. The molecule has 0 aromatic heterocycles. The molecule has 6 heteroatoms. The third kappa shape index (κ3) is 9.12. The van der Waals surface area contributed by atoms with Crippen LogP contribution in [0.3, 0.4) is 0 Å². The molecule has 0 aliphatic rings. The maximum absolute atomic E-state index is 11.5. The van der Waals surface area contributed by atoms with Crippen LogP contribution in [0, 0.1) is 0 Å². The largest absolute Gasteiger partial charge is 0.508 e. The average molecular weight is 408 g/mol. The van der Waals surface area contributed by atoms with Gasteiger partial charge in [0.15, 0.2) is 0 Å². The van der Waals surface area contributed by atoms with Gasteiger partial charge in [0, 0.05) is 6.54 Å². The molecule has 0 unspecified atom stereocenters. The molecule has 0 spiro atoms. The number of hydrogen-bond acceptors (Lipinski definition) is 5. The molecular formula is C24H28N2O4. The molecule has 0 saturated carbocycles. The Morgan fingerprint density at radius 3 is 1.83 bits per heavy atom. The summed E-state index contributed by atoms with van der Waals surface area (Å²) in [7, 11) is 0. The van der Waals surface area contributed by atoms with Gasteiger partial charge in [0.25, 0.3) is 0 Å². The fourth-order valence-corrected chi connectivity index (χ4v) is 2.57. The Morgan fingerprint density at radius 2 is 1.30 bits per heavy atom. The van der Waals surface area contributed by atoms with Crippen molar-refractivity contribution in [2.24, 2.45) is 5.73 Å². The number of rotatable bonds is 7. The van der Waals surface area contributed by atoms with Gasteiger partial charge in [-0.05, 0) is 60.3 Å². The van der Waals surface area contributed by atoms with E-state index in [1.54, 1.807) is 24.3 Å². The van der Waals surface area contributed by atoms with Crippen LogP contribution >= 0.6 is 0 Å². The molecule has 158 valence electrons. The van der Waals surface area contributed by atoms with Gasteiger partial charge in [0.1, 0.15) is 18.1 Å². The third-order valence-corrected chi connectivity index (χ3v) is 4.20. The van der Waals surface area contributed by atoms with E-state index < -0.39 is 6.09 Å². The van der Waals surface area contributed by atoms with Crippen LogP contribution in [0.5, 0.6) is 11.5 Å². The molecule has 3 aromatic carbocycles. The lowest BCUT2D eigenvalue weighted by atomic mass is 10.1. The highest BCUT2D eigenvalue weighted by molar-refractivity contribution is 5.67. The van der Waals surface area contributed by atoms with Crippen molar-refractivity contribution in [3.05, 3.63) is 95.6 Å². The molecule has 0 fully saturated rings. The Labute approximate surface area is 176 Å². The first-order chi connectivity index (χ1) is 14.6. The first-order valence-corrected chi connectivity index (χ1v) is 9.77. The van der Waals surface area contributed by atoms with Gasteiger partial charge in [-0.3, -0.25) is 0 Å². The minimum Gasteiger partial charge on any atom is -0.508 e. The smallest absolute Gasteiger partial charge is 0.407 e. The fraction of sp³-hybridized carbons (Fsp3) is 0.208. The molecule has 0 aliphatic carbocycles. The average Bonchev–Trinajstić information content (AvgIpc) is 2.77. The van der Waals surface area contributed by atoms with Crippen molar-refractivity contribution in [1.82, 2.24) is 5.32 Å². The number of carbonyl (C=O) groups is 1. The zero-order valence-electron chi connectivity index (χ0n) is 16.8. The molecule has 6 nitrogen and oxygen atoms in total. The SMILES string of the molecule is NCCc1ccc(O)cc1.O=C(NCCc1ccc(O)cc1)OCc1ccccc1. The predicted molar refractivity (Wildman–Crippen MR) is 117 cm³/mol. The summed E-state index contributed by atoms with van der Waals surface area (Å²) in [6.07, 6.45) is 1.15. The lowest BCUT2D eigenvalue weighted by Gasteiger charge is -2.07. The predicted octanol–water partition coefficient (Wildman–Crippen LogP) is 3.75. The van der Waals surface area contributed by atoms with E-state index in [4.69, 9.17) is 20.7 Å². The Morgan fingerprint density at radius 1 is 0.767 bits per heavy atom. The molecule has 0 bridgehead atoms. The molecule has 1 amide bonds. The van der Waals surface area contributed by atoms with Crippen molar-refractivity contribution in [2.75, 3.05) is 13.1 Å². The van der Waals surface area contributed by atoms with Crippen LogP contribution in [0.25, 0.3) is 0 Å². The van der Waals surface area contributed by atoms with Crippen LogP contribution < -0.4 is 11.1 Å². The van der Waals surface area contributed by atoms with Crippen molar-refractivity contribution >= 4 is 6.09 Å². The van der Waals surface area contributed by atoms with E-state index >= 15 is 0 Å². The summed E-state index contributed by atoms with van der Waals surface area (Å²) >= 11 is 0. The van der Waals surface area contributed by atoms with Crippen molar-refractivity contribution in [3.8, 4) is 11.5 Å². The summed E-state index contributed by atoms with van der Waals surface area (Å²) in [4.78, 5) is 11.5. The number of phenolic OH excluding ortho intramolecular Hbond substituents is 2. The molecule has 5 N–H and O–H groups in total. The number of nitrogens with one attached hydrogen (secondary N) is 1. The molecular weight excluding hydrogens is 380 g/mol. The highest BCUT2D eigenvalue weighted by atomic mass is 16.5. The zero-order valence-corrected chi connectivity index (χ0v) is 16.8. The molecule has 0 aliphatic heterocycles. The zero-order chi connectivity index (χ0) is 21.6. The van der Waals surface area contributed by atoms with Crippen LogP contribution in [0.1, 0.15) is 16.7 Å². The highest BCUT2D eigenvalue weighted by Crippen LogP contribution is 2.10. The maximum Gasteiger partial charge on any atom is 0.407 e. The van der Waals surface area contributed by atoms with E-state index in [2.05, 4.69) is 5.32 Å².